The van der Waals surface area contributed by atoms with E-state index in [-0.39, 0.29) is 11.3 Å². The molecule has 7 heteroatoms. The van der Waals surface area contributed by atoms with Gasteiger partial charge in [-0.2, -0.15) is 5.10 Å². The summed E-state index contributed by atoms with van der Waals surface area (Å²) in [5, 5.41) is 15.0. The number of nitrogens with one attached hydrogen (secondary N) is 1. The highest BCUT2D eigenvalue weighted by Crippen LogP contribution is 2.26. The van der Waals surface area contributed by atoms with Crippen LogP contribution in [0.4, 0.5) is 0 Å². The molecule has 1 aromatic carbocycles. The molecule has 0 bridgehead atoms. The molecule has 7 nitrogen and oxygen atoms in total. The number of nitrogens with zero attached hydrogens (tertiary/aromatic N) is 3. The Hall–Kier alpha value is -3.48. The number of carbonyl (C=O) groups excluding carboxylic acids is 1. The lowest BCUT2D eigenvalue weighted by atomic mass is 10.1. The summed E-state index contributed by atoms with van der Waals surface area (Å²) < 4.78 is 1.57. The molecule has 2 heterocycles. The van der Waals surface area contributed by atoms with Crippen LogP contribution in [0.1, 0.15) is 55.1 Å². The van der Waals surface area contributed by atoms with Crippen molar-refractivity contribution in [2.24, 2.45) is 5.10 Å². The molecule has 0 saturated heterocycles. The summed E-state index contributed by atoms with van der Waals surface area (Å²) in [5.74, 6) is -1.08. The molecule has 156 valence electrons. The van der Waals surface area contributed by atoms with E-state index in [4.69, 9.17) is 0 Å². The van der Waals surface area contributed by atoms with Gasteiger partial charge < -0.3 is 9.67 Å². The molecule has 0 fully saturated rings. The Kier molecular flexibility index (Phi) is 7.32. The van der Waals surface area contributed by atoms with Crippen LogP contribution in [0.25, 0.3) is 10.9 Å². The number of carbonyl (C=O) groups is 1. The number of aromatic hydroxyl groups is 1. The predicted octanol–water partition coefficient (Wildman–Crippen LogP) is 3.84. The second-order valence-electron chi connectivity index (χ2n) is 7.07. The minimum Gasteiger partial charge on any atom is -0.506 e. The quantitative estimate of drug-likeness (QED) is 0.321. The average Bonchev–Trinajstić information content (AvgIpc) is 2.76. The van der Waals surface area contributed by atoms with Crippen LogP contribution < -0.4 is 11.0 Å². The molecule has 3 rings (SSSR count). The van der Waals surface area contributed by atoms with Crippen molar-refractivity contribution < 1.29 is 9.90 Å². The number of benzene rings is 1. The first-order valence-corrected chi connectivity index (χ1v) is 10.2. The smallest absolute Gasteiger partial charge is 0.280 e. The normalized spacial score (nSPS) is 11.2. The molecule has 30 heavy (non-hydrogen) atoms. The van der Waals surface area contributed by atoms with Gasteiger partial charge >= 0.3 is 0 Å². The second-order valence-corrected chi connectivity index (χ2v) is 7.07. The zero-order valence-corrected chi connectivity index (χ0v) is 17.0. The first kappa shape index (κ1) is 21.2. The Morgan fingerprint density at radius 1 is 1.13 bits per heavy atom. The molecule has 0 unspecified atom stereocenters. The number of pyridine rings is 2. The molecule has 1 amide bonds. The number of unbranched alkanes of at least 4 members (excludes halogenated alkanes) is 4. The molecular formula is C23H26N4O3. The fourth-order valence-corrected chi connectivity index (χ4v) is 3.35. The van der Waals surface area contributed by atoms with E-state index >= 15 is 0 Å². The van der Waals surface area contributed by atoms with Crippen molar-refractivity contribution in [3.05, 3.63) is 70.3 Å². The van der Waals surface area contributed by atoms with Gasteiger partial charge in [-0.25, -0.2) is 5.43 Å². The van der Waals surface area contributed by atoms with Gasteiger partial charge in [0.1, 0.15) is 11.3 Å². The number of aromatic nitrogens is 2. The van der Waals surface area contributed by atoms with Gasteiger partial charge in [-0.15, -0.1) is 0 Å². The van der Waals surface area contributed by atoms with Crippen LogP contribution in [0.5, 0.6) is 5.75 Å². The van der Waals surface area contributed by atoms with Crippen molar-refractivity contribution in [1.29, 1.82) is 0 Å². The van der Waals surface area contributed by atoms with E-state index in [0.29, 0.717) is 23.1 Å². The van der Waals surface area contributed by atoms with Gasteiger partial charge in [0.25, 0.3) is 11.5 Å². The first-order valence-electron chi connectivity index (χ1n) is 10.2. The Bertz CT molecular complexity index is 1090. The van der Waals surface area contributed by atoms with Crippen LogP contribution in [0.15, 0.2) is 58.6 Å². The SMILES string of the molecule is CCCCCCCn1c(=O)c(C(=O)NN=Cc2ccccn2)c(O)c2ccccc21. The standard InChI is InChI=1S/C23H26N4O3/c1-2-3-4-5-10-15-27-19-13-7-6-12-18(19)21(28)20(23(27)30)22(29)26-25-16-17-11-8-9-14-24-17/h6-9,11-14,16,28H,2-5,10,15H2,1H3,(H,26,29). The zero-order valence-electron chi connectivity index (χ0n) is 17.0. The van der Waals surface area contributed by atoms with Gasteiger partial charge in [0.05, 0.1) is 17.4 Å². The molecule has 0 aliphatic heterocycles. The van der Waals surface area contributed by atoms with Crippen molar-refractivity contribution in [2.75, 3.05) is 0 Å². The number of hydrogen-bond acceptors (Lipinski definition) is 5. The van der Waals surface area contributed by atoms with Crippen LogP contribution >= 0.6 is 0 Å². The second kappa shape index (κ2) is 10.3. The van der Waals surface area contributed by atoms with E-state index in [0.717, 1.165) is 32.1 Å². The summed E-state index contributed by atoms with van der Waals surface area (Å²) in [6.45, 7) is 2.64. The Morgan fingerprint density at radius 2 is 1.90 bits per heavy atom. The van der Waals surface area contributed by atoms with Crippen LogP contribution in [0.3, 0.4) is 0 Å². The number of fused-ring (bicyclic) bond motifs is 1. The van der Waals surface area contributed by atoms with Gasteiger partial charge in [-0.3, -0.25) is 14.6 Å². The monoisotopic (exact) mass is 406 g/mol. The molecule has 2 N–H and O–H groups in total. The molecule has 0 spiro atoms. The van der Waals surface area contributed by atoms with Gasteiger partial charge in [0.2, 0.25) is 0 Å². The lowest BCUT2D eigenvalue weighted by Crippen LogP contribution is -2.31. The van der Waals surface area contributed by atoms with Crippen molar-refractivity contribution in [3.8, 4) is 5.75 Å². The van der Waals surface area contributed by atoms with Crippen LogP contribution in [0, 0.1) is 0 Å². The third-order valence-electron chi connectivity index (χ3n) is 4.91. The fourth-order valence-electron chi connectivity index (χ4n) is 3.35. The highest BCUT2D eigenvalue weighted by molar-refractivity contribution is 6.02. The first-order chi connectivity index (χ1) is 14.6. The lowest BCUT2D eigenvalue weighted by molar-refractivity contribution is 0.0950. The van der Waals surface area contributed by atoms with Crippen molar-refractivity contribution in [1.82, 2.24) is 15.0 Å². The van der Waals surface area contributed by atoms with E-state index < -0.39 is 11.5 Å². The van der Waals surface area contributed by atoms with Gasteiger partial charge in [0, 0.05) is 18.1 Å². The third kappa shape index (κ3) is 4.92. The van der Waals surface area contributed by atoms with E-state index in [1.165, 1.54) is 6.21 Å². The summed E-state index contributed by atoms with van der Waals surface area (Å²) in [7, 11) is 0. The zero-order chi connectivity index (χ0) is 21.3. The van der Waals surface area contributed by atoms with E-state index in [9.17, 15) is 14.7 Å². The average molecular weight is 406 g/mol. The molecule has 0 aliphatic carbocycles. The van der Waals surface area contributed by atoms with Crippen LogP contribution in [-0.2, 0) is 6.54 Å². The van der Waals surface area contributed by atoms with Crippen LogP contribution in [0.2, 0.25) is 0 Å². The minimum atomic E-state index is -0.754. The fraction of sp³-hybridized carbons (Fsp3) is 0.304. The number of para-hydroxylation sites is 1. The number of aryl methyl sites for hydroxylation is 1. The van der Waals surface area contributed by atoms with E-state index in [1.54, 1.807) is 47.2 Å². The molecule has 0 aliphatic rings. The summed E-state index contributed by atoms with van der Waals surface area (Å²) in [6.07, 6.45) is 8.23. The number of hydrogen-bond donors (Lipinski definition) is 2. The van der Waals surface area contributed by atoms with Crippen LogP contribution in [-0.4, -0.2) is 26.8 Å². The Balaban J connectivity index is 1.88. The van der Waals surface area contributed by atoms with Gasteiger partial charge in [-0.05, 0) is 30.7 Å². The lowest BCUT2D eigenvalue weighted by Gasteiger charge is -2.14. The van der Waals surface area contributed by atoms with Gasteiger partial charge in [-0.1, -0.05) is 50.8 Å². The molecule has 0 radical (unpaired) electrons. The number of rotatable bonds is 9. The Morgan fingerprint density at radius 3 is 2.67 bits per heavy atom. The minimum absolute atomic E-state index is 0.305. The maximum atomic E-state index is 13.1. The van der Waals surface area contributed by atoms with Crippen molar-refractivity contribution in [3.63, 3.8) is 0 Å². The highest BCUT2D eigenvalue weighted by Gasteiger charge is 2.21. The van der Waals surface area contributed by atoms with E-state index in [1.807, 2.05) is 6.07 Å². The molecule has 0 atom stereocenters. The van der Waals surface area contributed by atoms with Gasteiger partial charge in [0.15, 0.2) is 0 Å². The highest BCUT2D eigenvalue weighted by atomic mass is 16.3. The van der Waals surface area contributed by atoms with Crippen molar-refractivity contribution >= 4 is 23.0 Å². The Labute approximate surface area is 175 Å². The number of amides is 1. The van der Waals surface area contributed by atoms with E-state index in [2.05, 4.69) is 22.4 Å². The third-order valence-corrected chi connectivity index (χ3v) is 4.91. The summed E-state index contributed by atoms with van der Waals surface area (Å²) in [4.78, 5) is 29.8. The molecule has 0 saturated carbocycles. The largest absolute Gasteiger partial charge is 0.506 e. The summed E-state index contributed by atoms with van der Waals surface area (Å²) in [5.41, 5.74) is 2.67. The summed E-state index contributed by atoms with van der Waals surface area (Å²) >= 11 is 0. The molecule has 3 aromatic rings. The topological polar surface area (TPSA) is 96.6 Å². The molecular weight excluding hydrogens is 380 g/mol. The maximum absolute atomic E-state index is 13.1. The van der Waals surface area contributed by atoms with Crippen molar-refractivity contribution in [2.45, 2.75) is 45.6 Å². The molecule has 2 aromatic heterocycles. The number of hydrazone groups is 1. The maximum Gasteiger partial charge on any atom is 0.280 e. The summed E-state index contributed by atoms with van der Waals surface area (Å²) in [6, 6.07) is 12.4. The predicted molar refractivity (Wildman–Crippen MR) is 118 cm³/mol.